The Labute approximate surface area is 135 Å². The van der Waals surface area contributed by atoms with Crippen molar-refractivity contribution in [3.63, 3.8) is 0 Å². The molecule has 0 radical (unpaired) electrons. The summed E-state index contributed by atoms with van der Waals surface area (Å²) in [6.45, 7) is 1.26. The molecule has 3 aromatic rings. The molecule has 1 N–H and O–H groups in total. The Morgan fingerprint density at radius 3 is 2.61 bits per heavy atom. The van der Waals surface area contributed by atoms with Crippen molar-refractivity contribution in [2.45, 2.75) is 6.54 Å². The first-order valence-corrected chi connectivity index (χ1v) is 7.60. The van der Waals surface area contributed by atoms with Gasteiger partial charge in [-0.15, -0.1) is 0 Å². The monoisotopic (exact) mass is 308 g/mol. The van der Waals surface area contributed by atoms with Crippen LogP contribution in [0.5, 0.6) is 0 Å². The first-order chi connectivity index (χ1) is 11.1. The number of hydrogen-bond donors (Lipinski definition) is 1. The van der Waals surface area contributed by atoms with Crippen LogP contribution >= 0.6 is 0 Å². The van der Waals surface area contributed by atoms with Crippen LogP contribution in [0.15, 0.2) is 54.9 Å². The number of anilines is 1. The zero-order valence-corrected chi connectivity index (χ0v) is 13.4. The van der Waals surface area contributed by atoms with Crippen LogP contribution in [0.25, 0.3) is 11.0 Å². The molecule has 1 amide bonds. The summed E-state index contributed by atoms with van der Waals surface area (Å²) in [5, 5.41) is 2.95. The molecule has 2 aromatic carbocycles. The van der Waals surface area contributed by atoms with E-state index in [0.717, 1.165) is 16.7 Å². The van der Waals surface area contributed by atoms with Crippen LogP contribution < -0.4 is 10.2 Å². The Hall–Kier alpha value is -2.82. The molecule has 1 heterocycles. The second-order valence-corrected chi connectivity index (χ2v) is 5.62. The number of fused-ring (bicyclic) bond motifs is 1. The van der Waals surface area contributed by atoms with Crippen LogP contribution in [0, 0.1) is 0 Å². The third-order valence-corrected chi connectivity index (χ3v) is 3.81. The van der Waals surface area contributed by atoms with Gasteiger partial charge >= 0.3 is 0 Å². The van der Waals surface area contributed by atoms with Gasteiger partial charge in [-0.3, -0.25) is 4.79 Å². The Morgan fingerprint density at radius 2 is 1.87 bits per heavy atom. The number of aromatic nitrogens is 2. The molecule has 3 rings (SSSR count). The van der Waals surface area contributed by atoms with Crippen molar-refractivity contribution in [1.82, 2.24) is 14.9 Å². The lowest BCUT2D eigenvalue weighted by molar-refractivity contribution is 0.0952. The molecular weight excluding hydrogens is 288 g/mol. The fourth-order valence-electron chi connectivity index (χ4n) is 2.49. The van der Waals surface area contributed by atoms with Crippen LogP contribution in [0.1, 0.15) is 10.4 Å². The predicted octanol–water partition coefficient (Wildman–Crippen LogP) is 2.53. The largest absolute Gasteiger partial charge is 0.378 e. The number of hydrogen-bond acceptors (Lipinski definition) is 3. The maximum atomic E-state index is 12.2. The highest BCUT2D eigenvalue weighted by atomic mass is 16.1. The molecule has 118 valence electrons. The highest BCUT2D eigenvalue weighted by Gasteiger charge is 2.06. The first-order valence-electron chi connectivity index (χ1n) is 7.60. The maximum absolute atomic E-state index is 12.2. The molecule has 1 aromatic heterocycles. The lowest BCUT2D eigenvalue weighted by Crippen LogP contribution is -2.27. The Bertz CT molecular complexity index is 805. The molecule has 5 heteroatoms. The van der Waals surface area contributed by atoms with E-state index in [9.17, 15) is 4.79 Å². The lowest BCUT2D eigenvalue weighted by Gasteiger charge is -2.12. The van der Waals surface area contributed by atoms with E-state index in [-0.39, 0.29) is 5.91 Å². The second-order valence-electron chi connectivity index (χ2n) is 5.62. The van der Waals surface area contributed by atoms with Crippen LogP contribution in [0.2, 0.25) is 0 Å². The quantitative estimate of drug-likeness (QED) is 0.788. The number of carbonyl (C=O) groups excluding carboxylic acids is 1. The van der Waals surface area contributed by atoms with Crippen LogP contribution in [0.4, 0.5) is 5.69 Å². The smallest absolute Gasteiger partial charge is 0.251 e. The van der Waals surface area contributed by atoms with Gasteiger partial charge in [0.1, 0.15) is 0 Å². The van der Waals surface area contributed by atoms with E-state index < -0.39 is 0 Å². The number of para-hydroxylation sites is 2. The summed E-state index contributed by atoms with van der Waals surface area (Å²) < 4.78 is 2.05. The molecule has 0 atom stereocenters. The molecule has 0 saturated carbocycles. The number of nitrogens with one attached hydrogen (secondary N) is 1. The van der Waals surface area contributed by atoms with Gasteiger partial charge in [0.2, 0.25) is 0 Å². The molecule has 0 spiro atoms. The van der Waals surface area contributed by atoms with Gasteiger partial charge in [0.05, 0.1) is 17.4 Å². The summed E-state index contributed by atoms with van der Waals surface area (Å²) in [7, 11) is 3.95. The van der Waals surface area contributed by atoms with E-state index in [1.807, 2.05) is 78.4 Å². The highest BCUT2D eigenvalue weighted by Crippen LogP contribution is 2.13. The number of rotatable bonds is 5. The van der Waals surface area contributed by atoms with Gasteiger partial charge < -0.3 is 14.8 Å². The zero-order valence-electron chi connectivity index (χ0n) is 13.4. The lowest BCUT2D eigenvalue weighted by atomic mass is 10.2. The van der Waals surface area contributed by atoms with Gasteiger partial charge in [-0.2, -0.15) is 0 Å². The molecular formula is C18H20N4O. The average Bonchev–Trinajstić information content (AvgIpc) is 2.98. The van der Waals surface area contributed by atoms with Gasteiger partial charge in [0.15, 0.2) is 0 Å². The Balaban J connectivity index is 1.59. The molecule has 0 aliphatic carbocycles. The molecule has 0 fully saturated rings. The van der Waals surface area contributed by atoms with Gasteiger partial charge in [-0.25, -0.2) is 4.98 Å². The van der Waals surface area contributed by atoms with E-state index >= 15 is 0 Å². The molecule has 5 nitrogen and oxygen atoms in total. The summed E-state index contributed by atoms with van der Waals surface area (Å²) in [6.07, 6.45) is 1.81. The molecule has 0 aliphatic rings. The van der Waals surface area contributed by atoms with Gasteiger partial charge in [0.25, 0.3) is 5.91 Å². The third kappa shape index (κ3) is 3.34. The molecule has 0 unspecified atom stereocenters. The van der Waals surface area contributed by atoms with Crippen LogP contribution in [-0.2, 0) is 6.54 Å². The number of nitrogens with zero attached hydrogens (tertiary/aromatic N) is 3. The van der Waals surface area contributed by atoms with Crippen LogP contribution in [-0.4, -0.2) is 36.1 Å². The van der Waals surface area contributed by atoms with Gasteiger partial charge in [0, 0.05) is 38.4 Å². The maximum Gasteiger partial charge on any atom is 0.251 e. The van der Waals surface area contributed by atoms with Crippen molar-refractivity contribution in [3.8, 4) is 0 Å². The molecule has 0 saturated heterocycles. The van der Waals surface area contributed by atoms with Crippen molar-refractivity contribution < 1.29 is 4.79 Å². The van der Waals surface area contributed by atoms with E-state index in [4.69, 9.17) is 0 Å². The molecule has 0 bridgehead atoms. The summed E-state index contributed by atoms with van der Waals surface area (Å²) in [5.41, 5.74) is 3.80. The summed E-state index contributed by atoms with van der Waals surface area (Å²) in [6, 6.07) is 15.6. The number of amides is 1. The SMILES string of the molecule is CN(C)c1ccc(C(=O)NCCn2cnc3ccccc32)cc1. The van der Waals surface area contributed by atoms with E-state index in [1.165, 1.54) is 0 Å². The molecule has 23 heavy (non-hydrogen) atoms. The van der Waals surface area contributed by atoms with E-state index in [2.05, 4.69) is 10.3 Å². The topological polar surface area (TPSA) is 50.2 Å². The van der Waals surface area contributed by atoms with E-state index in [0.29, 0.717) is 18.7 Å². The van der Waals surface area contributed by atoms with Crippen molar-refractivity contribution in [2.75, 3.05) is 25.5 Å². The van der Waals surface area contributed by atoms with Gasteiger partial charge in [-0.05, 0) is 36.4 Å². The third-order valence-electron chi connectivity index (χ3n) is 3.81. The van der Waals surface area contributed by atoms with E-state index in [1.54, 1.807) is 0 Å². The van der Waals surface area contributed by atoms with Crippen molar-refractivity contribution >= 4 is 22.6 Å². The Morgan fingerprint density at radius 1 is 1.13 bits per heavy atom. The number of carbonyl (C=O) groups is 1. The standard InChI is InChI=1S/C18H20N4O/c1-21(2)15-9-7-14(8-10-15)18(23)19-11-12-22-13-20-16-5-3-4-6-17(16)22/h3-10,13H,11-12H2,1-2H3,(H,19,23). The second kappa shape index (κ2) is 6.52. The van der Waals surface area contributed by atoms with Crippen molar-refractivity contribution in [3.05, 3.63) is 60.4 Å². The molecule has 0 aliphatic heterocycles. The number of benzene rings is 2. The fraction of sp³-hybridized carbons (Fsp3) is 0.222. The highest BCUT2D eigenvalue weighted by molar-refractivity contribution is 5.94. The minimum absolute atomic E-state index is 0.0558. The van der Waals surface area contributed by atoms with Crippen molar-refractivity contribution in [2.24, 2.45) is 0 Å². The average molecular weight is 308 g/mol. The summed E-state index contributed by atoms with van der Waals surface area (Å²) >= 11 is 0. The fourth-order valence-corrected chi connectivity index (χ4v) is 2.49. The predicted molar refractivity (Wildman–Crippen MR) is 92.8 cm³/mol. The minimum Gasteiger partial charge on any atom is -0.378 e. The van der Waals surface area contributed by atoms with Gasteiger partial charge in [-0.1, -0.05) is 12.1 Å². The normalized spacial score (nSPS) is 10.7. The summed E-state index contributed by atoms with van der Waals surface area (Å²) in [5.74, 6) is -0.0558. The zero-order chi connectivity index (χ0) is 16.2. The van der Waals surface area contributed by atoms with Crippen LogP contribution in [0.3, 0.4) is 0 Å². The summed E-state index contributed by atoms with van der Waals surface area (Å²) in [4.78, 5) is 18.5. The van der Waals surface area contributed by atoms with Crippen molar-refractivity contribution in [1.29, 1.82) is 0 Å². The Kier molecular flexibility index (Phi) is 4.28. The minimum atomic E-state index is -0.0558. The number of imidazole rings is 1. The first kappa shape index (κ1) is 15.1.